The zero-order valence-corrected chi connectivity index (χ0v) is 60.1. The van der Waals surface area contributed by atoms with Gasteiger partial charge in [0.05, 0.1) is 13.2 Å². The van der Waals surface area contributed by atoms with Crippen molar-refractivity contribution in [2.45, 2.75) is 418 Å². The molecule has 0 saturated carbocycles. The Morgan fingerprint density at radius 3 is 0.921 bits per heavy atom. The normalized spacial score (nSPS) is 13.1. The van der Waals surface area contributed by atoms with Crippen LogP contribution in [-0.4, -0.2) is 49.3 Å². The topological polar surface area (TPSA) is 134 Å². The lowest BCUT2D eigenvalue weighted by Gasteiger charge is -2.19. The van der Waals surface area contributed by atoms with Crippen LogP contribution in [-0.2, 0) is 32.7 Å². The Balaban J connectivity index is 3.76. The van der Waals surface area contributed by atoms with Crippen LogP contribution in [0.5, 0.6) is 0 Å². The minimum atomic E-state index is -4.39. The predicted molar refractivity (Wildman–Crippen MR) is 386 cm³/mol. The summed E-state index contributed by atoms with van der Waals surface area (Å²) in [6, 6.07) is 0. The van der Waals surface area contributed by atoms with E-state index in [4.69, 9.17) is 24.3 Å². The zero-order chi connectivity index (χ0) is 64.4. The molecule has 0 bridgehead atoms. The number of allylic oxidation sites excluding steroid dienone is 8. The molecular weight excluding hydrogens is 1120 g/mol. The van der Waals surface area contributed by atoms with Crippen molar-refractivity contribution in [3.05, 3.63) is 48.6 Å². The smallest absolute Gasteiger partial charge is 0.462 e. The van der Waals surface area contributed by atoms with Crippen molar-refractivity contribution in [1.82, 2.24) is 0 Å². The number of esters is 2. The first-order valence-corrected chi connectivity index (χ1v) is 40.6. The quantitative estimate of drug-likeness (QED) is 0.0264. The standard InChI is InChI=1S/C79H150NO8P/c1-3-5-7-9-11-13-15-17-19-21-23-25-27-29-31-33-35-37-38-40-42-44-46-48-50-52-54-56-58-60-62-64-66-68-70-72-79(82)88-77(76-87-89(83,84)86-74-73-80)75-85-78(81)71-69-67-65-63-61-59-57-55-53-51-49-47-45-43-41-39-36-34-32-30-28-26-24-22-20-18-16-14-12-10-8-6-4-2/h5,7,11,13,17,19,23,25,77H,3-4,6,8-10,12,14-16,18,20-22,24,26-76,80H2,1-2H3,(H,83,84)/b7-5-,13-11-,19-17-,25-23-. The molecule has 0 rings (SSSR count). The van der Waals surface area contributed by atoms with Gasteiger partial charge in [0.2, 0.25) is 0 Å². The van der Waals surface area contributed by atoms with Gasteiger partial charge in [-0.15, -0.1) is 0 Å². The van der Waals surface area contributed by atoms with Crippen LogP contribution < -0.4 is 5.73 Å². The van der Waals surface area contributed by atoms with Gasteiger partial charge < -0.3 is 20.1 Å². The van der Waals surface area contributed by atoms with Gasteiger partial charge in [0, 0.05) is 19.4 Å². The Hall–Kier alpha value is -2.03. The molecule has 0 aromatic carbocycles. The van der Waals surface area contributed by atoms with E-state index in [1.807, 2.05) is 0 Å². The molecule has 0 fully saturated rings. The molecule has 0 aliphatic carbocycles. The molecule has 0 aromatic rings. The van der Waals surface area contributed by atoms with E-state index in [9.17, 15) is 19.0 Å². The fraction of sp³-hybridized carbons (Fsp3) is 0.873. The molecule has 3 N–H and O–H groups in total. The summed E-state index contributed by atoms with van der Waals surface area (Å²) in [5, 5.41) is 0. The Labute approximate surface area is 553 Å². The molecule has 0 saturated heterocycles. The molecule has 2 atom stereocenters. The second kappa shape index (κ2) is 75.0. The molecule has 0 aliphatic rings. The number of carbonyl (C=O) groups excluding carboxylic acids is 2. The predicted octanol–water partition coefficient (Wildman–Crippen LogP) is 26.0. The number of ether oxygens (including phenoxy) is 2. The Bertz CT molecular complexity index is 1600. The number of hydrogen-bond donors (Lipinski definition) is 2. The summed E-state index contributed by atoms with van der Waals surface area (Å²) in [5.74, 6) is -0.801. The first kappa shape index (κ1) is 87.0. The van der Waals surface area contributed by atoms with Gasteiger partial charge in [-0.05, 0) is 51.4 Å². The Kier molecular flexibility index (Phi) is 73.3. The van der Waals surface area contributed by atoms with E-state index in [0.717, 1.165) is 57.8 Å². The molecule has 10 heteroatoms. The highest BCUT2D eigenvalue weighted by atomic mass is 31.2. The third-order valence-corrected chi connectivity index (χ3v) is 18.7. The molecule has 524 valence electrons. The summed E-state index contributed by atoms with van der Waals surface area (Å²) < 4.78 is 33.3. The molecule has 9 nitrogen and oxygen atoms in total. The largest absolute Gasteiger partial charge is 0.472 e. The van der Waals surface area contributed by atoms with Gasteiger partial charge in [-0.2, -0.15) is 0 Å². The van der Waals surface area contributed by atoms with Gasteiger partial charge in [0.15, 0.2) is 6.10 Å². The second-order valence-electron chi connectivity index (χ2n) is 26.6. The molecular formula is C79H150NO8P. The van der Waals surface area contributed by atoms with E-state index < -0.39 is 26.5 Å². The van der Waals surface area contributed by atoms with Crippen LogP contribution in [0.2, 0.25) is 0 Å². The first-order valence-electron chi connectivity index (χ1n) is 39.1. The van der Waals surface area contributed by atoms with Gasteiger partial charge in [-0.1, -0.05) is 396 Å². The highest BCUT2D eigenvalue weighted by Crippen LogP contribution is 2.43. The average Bonchev–Trinajstić information content (AvgIpc) is 3.66. The molecule has 0 radical (unpaired) electrons. The van der Waals surface area contributed by atoms with E-state index in [1.54, 1.807) is 0 Å². The van der Waals surface area contributed by atoms with Crippen molar-refractivity contribution >= 4 is 19.8 Å². The van der Waals surface area contributed by atoms with E-state index in [1.165, 1.54) is 321 Å². The third kappa shape index (κ3) is 74.9. The molecule has 0 heterocycles. The summed E-state index contributed by atoms with van der Waals surface area (Å²) in [7, 11) is -4.39. The van der Waals surface area contributed by atoms with Crippen LogP contribution in [0, 0.1) is 0 Å². The van der Waals surface area contributed by atoms with Crippen LogP contribution in [0.4, 0.5) is 0 Å². The number of carbonyl (C=O) groups is 2. The van der Waals surface area contributed by atoms with Gasteiger partial charge >= 0.3 is 19.8 Å². The number of nitrogens with two attached hydrogens (primary N) is 1. The van der Waals surface area contributed by atoms with Gasteiger partial charge in [-0.3, -0.25) is 18.6 Å². The van der Waals surface area contributed by atoms with E-state index in [-0.39, 0.29) is 38.6 Å². The lowest BCUT2D eigenvalue weighted by molar-refractivity contribution is -0.161. The first-order chi connectivity index (χ1) is 43.8. The van der Waals surface area contributed by atoms with Crippen molar-refractivity contribution in [1.29, 1.82) is 0 Å². The van der Waals surface area contributed by atoms with Crippen molar-refractivity contribution < 1.29 is 37.6 Å². The van der Waals surface area contributed by atoms with E-state index >= 15 is 0 Å². The van der Waals surface area contributed by atoms with Crippen molar-refractivity contribution in [2.24, 2.45) is 5.73 Å². The maximum atomic E-state index is 12.8. The summed E-state index contributed by atoms with van der Waals surface area (Å²) in [6.45, 7) is 3.72. The molecule has 0 aromatic heterocycles. The number of hydrogen-bond acceptors (Lipinski definition) is 8. The van der Waals surface area contributed by atoms with Crippen LogP contribution in [0.15, 0.2) is 48.6 Å². The summed E-state index contributed by atoms with van der Waals surface area (Å²) in [4.78, 5) is 35.4. The second-order valence-corrected chi connectivity index (χ2v) is 28.0. The molecule has 2 unspecified atom stereocenters. The monoisotopic (exact) mass is 1270 g/mol. The summed E-state index contributed by atoms with van der Waals surface area (Å²) in [5.41, 5.74) is 5.41. The minimum absolute atomic E-state index is 0.0563. The summed E-state index contributed by atoms with van der Waals surface area (Å²) >= 11 is 0. The maximum Gasteiger partial charge on any atom is 0.472 e. The zero-order valence-electron chi connectivity index (χ0n) is 59.2. The molecule has 0 spiro atoms. The Morgan fingerprint density at radius 2 is 0.618 bits per heavy atom. The maximum absolute atomic E-state index is 12.8. The Morgan fingerprint density at radius 1 is 0.348 bits per heavy atom. The average molecular weight is 1270 g/mol. The van der Waals surface area contributed by atoms with Gasteiger partial charge in [0.1, 0.15) is 6.61 Å². The van der Waals surface area contributed by atoms with Crippen LogP contribution in [0.3, 0.4) is 0 Å². The molecule has 89 heavy (non-hydrogen) atoms. The number of unbranched alkanes of at least 4 members (excludes halogenated alkanes) is 54. The van der Waals surface area contributed by atoms with E-state index in [2.05, 4.69) is 62.5 Å². The van der Waals surface area contributed by atoms with Crippen molar-refractivity contribution in [3.8, 4) is 0 Å². The van der Waals surface area contributed by atoms with Crippen LogP contribution >= 0.6 is 7.82 Å². The molecule has 0 aliphatic heterocycles. The van der Waals surface area contributed by atoms with E-state index in [0.29, 0.717) is 6.42 Å². The summed E-state index contributed by atoms with van der Waals surface area (Å²) in [6.07, 6.45) is 96.8. The highest BCUT2D eigenvalue weighted by molar-refractivity contribution is 7.47. The number of rotatable bonds is 75. The lowest BCUT2D eigenvalue weighted by atomic mass is 10.0. The SMILES string of the molecule is CC/C=C\C/C=C\C/C=C\C/C=C\CCCCCCCCCCCCCCCCCCCCCCCCC(=O)OC(COC(=O)CCCCCCCCCCCCCCCCCCCCCCCCCCCCCCCCCCC)COP(=O)(O)OCCN. The van der Waals surface area contributed by atoms with Crippen molar-refractivity contribution in [3.63, 3.8) is 0 Å². The molecule has 0 amide bonds. The van der Waals surface area contributed by atoms with Crippen molar-refractivity contribution in [2.75, 3.05) is 26.4 Å². The van der Waals surface area contributed by atoms with Crippen LogP contribution in [0.25, 0.3) is 0 Å². The fourth-order valence-electron chi connectivity index (χ4n) is 12.0. The lowest BCUT2D eigenvalue weighted by Crippen LogP contribution is -2.29. The fourth-order valence-corrected chi connectivity index (χ4v) is 12.8. The minimum Gasteiger partial charge on any atom is -0.462 e. The van der Waals surface area contributed by atoms with Gasteiger partial charge in [-0.25, -0.2) is 4.57 Å². The van der Waals surface area contributed by atoms with Gasteiger partial charge in [0.25, 0.3) is 0 Å². The number of phosphoric ester groups is 1. The third-order valence-electron chi connectivity index (χ3n) is 17.7. The highest BCUT2D eigenvalue weighted by Gasteiger charge is 2.26. The van der Waals surface area contributed by atoms with Crippen LogP contribution in [0.1, 0.15) is 412 Å². The number of phosphoric acid groups is 1.